The maximum atomic E-state index is 11.6. The molecule has 3 heteroatoms. The van der Waals surface area contributed by atoms with Gasteiger partial charge in [-0.3, -0.25) is 9.59 Å². The number of carbonyl (C=O) groups excluding carboxylic acids is 2. The Kier molecular flexibility index (Phi) is 3.53. The summed E-state index contributed by atoms with van der Waals surface area (Å²) in [5.41, 5.74) is -0.0253. The van der Waals surface area contributed by atoms with Gasteiger partial charge in [-0.25, -0.2) is 0 Å². The first kappa shape index (κ1) is 11.5. The zero-order valence-corrected chi connectivity index (χ0v) is 9.69. The highest BCUT2D eigenvalue weighted by Crippen LogP contribution is 2.34. The Labute approximate surface area is 89.1 Å². The normalized spacial score (nSPS) is 25.1. The van der Waals surface area contributed by atoms with E-state index in [1.165, 1.54) is 11.8 Å². The van der Waals surface area contributed by atoms with Gasteiger partial charge >= 0.3 is 0 Å². The second-order valence-corrected chi connectivity index (χ2v) is 5.50. The molecule has 0 aromatic heterocycles. The van der Waals surface area contributed by atoms with E-state index < -0.39 is 5.92 Å². The third-order valence-electron chi connectivity index (χ3n) is 2.34. The van der Waals surface area contributed by atoms with Crippen LogP contribution in [-0.4, -0.2) is 16.7 Å². The molecule has 0 heterocycles. The van der Waals surface area contributed by atoms with Crippen LogP contribution in [0.4, 0.5) is 0 Å². The van der Waals surface area contributed by atoms with Gasteiger partial charge in [-0.2, -0.15) is 0 Å². The number of thioether (sulfide) groups is 1. The quantitative estimate of drug-likeness (QED) is 0.659. The van der Waals surface area contributed by atoms with Crippen LogP contribution in [0.3, 0.4) is 0 Å². The third-order valence-corrected chi connectivity index (χ3v) is 3.20. The van der Waals surface area contributed by atoms with Gasteiger partial charge in [-0.15, -0.1) is 0 Å². The Balaban J connectivity index is 2.76. The molecule has 1 rings (SSSR count). The zero-order chi connectivity index (χ0) is 10.8. The topological polar surface area (TPSA) is 34.1 Å². The van der Waals surface area contributed by atoms with Crippen molar-refractivity contribution in [3.8, 4) is 0 Å². The van der Waals surface area contributed by atoms with Crippen molar-refractivity contribution < 1.29 is 9.59 Å². The van der Waals surface area contributed by atoms with E-state index in [1.807, 2.05) is 26.8 Å². The smallest absolute Gasteiger partial charge is 0.199 e. The molecular formula is C11H16O2S. The fourth-order valence-corrected chi connectivity index (χ4v) is 2.25. The molecule has 0 saturated carbocycles. The summed E-state index contributed by atoms with van der Waals surface area (Å²) in [5, 5.41) is 0.0231. The number of hydrogen-bond donors (Lipinski definition) is 0. The van der Waals surface area contributed by atoms with Gasteiger partial charge in [0.2, 0.25) is 0 Å². The summed E-state index contributed by atoms with van der Waals surface area (Å²) in [6.07, 6.45) is 4.10. The molecule has 0 fully saturated rings. The van der Waals surface area contributed by atoms with Crippen LogP contribution < -0.4 is 0 Å². The fourth-order valence-electron chi connectivity index (χ4n) is 1.56. The van der Waals surface area contributed by atoms with Gasteiger partial charge in [0, 0.05) is 0 Å². The lowest BCUT2D eigenvalue weighted by Crippen LogP contribution is -2.30. The summed E-state index contributed by atoms with van der Waals surface area (Å²) < 4.78 is 0. The Morgan fingerprint density at radius 1 is 1.64 bits per heavy atom. The van der Waals surface area contributed by atoms with E-state index in [9.17, 15) is 9.59 Å². The summed E-state index contributed by atoms with van der Waals surface area (Å²) in [5.74, 6) is 0.294. The second kappa shape index (κ2) is 4.30. The number of rotatable bonds is 2. The molecule has 1 unspecified atom stereocenters. The van der Waals surface area contributed by atoms with Crippen LogP contribution in [0.15, 0.2) is 12.2 Å². The summed E-state index contributed by atoms with van der Waals surface area (Å²) in [4.78, 5) is 23.1. The summed E-state index contributed by atoms with van der Waals surface area (Å²) in [6, 6.07) is 0. The van der Waals surface area contributed by atoms with E-state index in [4.69, 9.17) is 0 Å². The predicted molar refractivity (Wildman–Crippen MR) is 59.2 cm³/mol. The van der Waals surface area contributed by atoms with Gasteiger partial charge < -0.3 is 0 Å². The first-order valence-corrected chi connectivity index (χ1v) is 5.84. The molecule has 14 heavy (non-hydrogen) atoms. The van der Waals surface area contributed by atoms with E-state index in [0.29, 0.717) is 6.42 Å². The van der Waals surface area contributed by atoms with E-state index >= 15 is 0 Å². The van der Waals surface area contributed by atoms with Gasteiger partial charge in [0.1, 0.15) is 0 Å². The first-order valence-electron chi connectivity index (χ1n) is 4.86. The highest BCUT2D eigenvalue weighted by Gasteiger charge is 2.33. The molecule has 1 aliphatic carbocycles. The molecule has 78 valence electrons. The van der Waals surface area contributed by atoms with Crippen LogP contribution in [0, 0.1) is 11.3 Å². The fraction of sp³-hybridized carbons (Fsp3) is 0.636. The Bertz CT molecular complexity index is 279. The Morgan fingerprint density at radius 3 is 2.86 bits per heavy atom. The number of allylic oxidation sites excluding steroid dienone is 2. The van der Waals surface area contributed by atoms with Crippen molar-refractivity contribution in [1.29, 1.82) is 0 Å². The number of carbonyl (C=O) groups is 2. The third kappa shape index (κ3) is 2.71. The molecule has 0 radical (unpaired) electrons. The lowest BCUT2D eigenvalue weighted by Gasteiger charge is -2.28. The lowest BCUT2D eigenvalue weighted by atomic mass is 9.77. The van der Waals surface area contributed by atoms with Gasteiger partial charge in [-0.05, 0) is 23.7 Å². The summed E-state index contributed by atoms with van der Waals surface area (Å²) in [7, 11) is 0. The average Bonchev–Trinajstić information content (AvgIpc) is 2.10. The summed E-state index contributed by atoms with van der Waals surface area (Å²) >= 11 is 1.25. The van der Waals surface area contributed by atoms with Crippen molar-refractivity contribution in [2.75, 3.05) is 5.75 Å². The van der Waals surface area contributed by atoms with Crippen molar-refractivity contribution in [2.24, 2.45) is 11.3 Å². The maximum absolute atomic E-state index is 11.6. The van der Waals surface area contributed by atoms with E-state index in [-0.39, 0.29) is 16.3 Å². The SMILES string of the molecule is CCSC(=O)C1CC(C)(C)C=CC1=O. The van der Waals surface area contributed by atoms with Crippen LogP contribution in [0.2, 0.25) is 0 Å². The highest BCUT2D eigenvalue weighted by atomic mass is 32.2. The van der Waals surface area contributed by atoms with Gasteiger partial charge in [0.15, 0.2) is 10.9 Å². The molecule has 0 N–H and O–H groups in total. The van der Waals surface area contributed by atoms with Crippen LogP contribution >= 0.6 is 11.8 Å². The minimum absolute atomic E-state index is 0.0231. The lowest BCUT2D eigenvalue weighted by molar-refractivity contribution is -0.127. The van der Waals surface area contributed by atoms with Gasteiger partial charge in [-0.1, -0.05) is 38.6 Å². The van der Waals surface area contributed by atoms with Crippen LogP contribution in [0.5, 0.6) is 0 Å². The van der Waals surface area contributed by atoms with E-state index in [1.54, 1.807) is 6.08 Å². The number of ketones is 1. The molecule has 0 spiro atoms. The second-order valence-electron chi connectivity index (χ2n) is 4.23. The van der Waals surface area contributed by atoms with Crippen LogP contribution in [0.1, 0.15) is 27.2 Å². The Morgan fingerprint density at radius 2 is 2.29 bits per heavy atom. The van der Waals surface area contributed by atoms with E-state index in [0.717, 1.165) is 5.75 Å². The average molecular weight is 212 g/mol. The minimum Gasteiger partial charge on any atom is -0.294 e. The van der Waals surface area contributed by atoms with Crippen LogP contribution in [0.25, 0.3) is 0 Å². The van der Waals surface area contributed by atoms with Crippen molar-refractivity contribution in [2.45, 2.75) is 27.2 Å². The van der Waals surface area contributed by atoms with E-state index in [2.05, 4.69) is 0 Å². The van der Waals surface area contributed by atoms with Crippen molar-refractivity contribution in [3.05, 3.63) is 12.2 Å². The summed E-state index contributed by atoms with van der Waals surface area (Å²) in [6.45, 7) is 6.02. The predicted octanol–water partition coefficient (Wildman–Crippen LogP) is 2.44. The molecular weight excluding hydrogens is 196 g/mol. The largest absolute Gasteiger partial charge is 0.294 e. The number of hydrogen-bond acceptors (Lipinski definition) is 3. The molecule has 1 atom stereocenters. The maximum Gasteiger partial charge on any atom is 0.199 e. The molecule has 0 aliphatic heterocycles. The monoisotopic (exact) mass is 212 g/mol. The van der Waals surface area contributed by atoms with Gasteiger partial charge in [0.05, 0.1) is 5.92 Å². The molecule has 0 bridgehead atoms. The Hall–Kier alpha value is -0.570. The van der Waals surface area contributed by atoms with Gasteiger partial charge in [0.25, 0.3) is 0 Å². The first-order chi connectivity index (χ1) is 6.46. The van der Waals surface area contributed by atoms with Crippen molar-refractivity contribution in [1.82, 2.24) is 0 Å². The molecule has 0 saturated heterocycles. The molecule has 0 amide bonds. The van der Waals surface area contributed by atoms with Crippen molar-refractivity contribution >= 4 is 22.7 Å². The standard InChI is InChI=1S/C11H16O2S/c1-4-14-10(13)8-7-11(2,3)6-5-9(8)12/h5-6,8H,4,7H2,1-3H3. The molecule has 1 aliphatic rings. The minimum atomic E-state index is -0.417. The molecule has 2 nitrogen and oxygen atoms in total. The van der Waals surface area contributed by atoms with Crippen molar-refractivity contribution in [3.63, 3.8) is 0 Å². The van der Waals surface area contributed by atoms with Crippen LogP contribution in [-0.2, 0) is 9.59 Å². The molecule has 0 aromatic carbocycles. The zero-order valence-electron chi connectivity index (χ0n) is 8.87. The molecule has 0 aromatic rings. The highest BCUT2D eigenvalue weighted by molar-refractivity contribution is 8.13.